The van der Waals surface area contributed by atoms with Crippen molar-refractivity contribution in [3.63, 3.8) is 0 Å². The molecule has 1 aliphatic rings. The fraction of sp³-hybridized carbons (Fsp3) is 0.400. The van der Waals surface area contributed by atoms with Crippen molar-refractivity contribution in [2.24, 2.45) is 5.14 Å². The maximum absolute atomic E-state index is 12.4. The molecule has 9 nitrogen and oxygen atoms in total. The van der Waals surface area contributed by atoms with Gasteiger partial charge in [0.15, 0.2) is 4.34 Å². The molecular formula is C15H19N5O4S3. The van der Waals surface area contributed by atoms with Crippen molar-refractivity contribution in [1.29, 1.82) is 0 Å². The molecule has 0 radical (unpaired) electrons. The first-order chi connectivity index (χ1) is 12.8. The number of thioether (sulfide) groups is 1. The molecule has 3 N–H and O–H groups in total. The van der Waals surface area contributed by atoms with E-state index in [9.17, 15) is 13.2 Å². The summed E-state index contributed by atoms with van der Waals surface area (Å²) in [6.07, 6.45) is 0. The zero-order valence-corrected chi connectivity index (χ0v) is 16.9. The number of morpholine rings is 1. The fourth-order valence-electron chi connectivity index (χ4n) is 2.31. The topological polar surface area (TPSA) is 128 Å². The van der Waals surface area contributed by atoms with Crippen LogP contribution < -0.4 is 15.4 Å². The van der Waals surface area contributed by atoms with Gasteiger partial charge in [-0.05, 0) is 31.2 Å². The summed E-state index contributed by atoms with van der Waals surface area (Å²) in [6, 6.07) is 5.69. The normalized spacial score (nSPS) is 16.1. The molecule has 3 rings (SSSR count). The number of benzene rings is 1. The maximum Gasteiger partial charge on any atom is 0.238 e. The lowest BCUT2D eigenvalue weighted by Gasteiger charge is -2.25. The van der Waals surface area contributed by atoms with E-state index in [1.54, 1.807) is 6.92 Å². The van der Waals surface area contributed by atoms with Crippen LogP contribution in [0.1, 0.15) is 6.92 Å². The van der Waals surface area contributed by atoms with Gasteiger partial charge in [0.25, 0.3) is 0 Å². The number of primary sulfonamides is 1. The number of sulfonamides is 1. The van der Waals surface area contributed by atoms with Gasteiger partial charge < -0.3 is 15.0 Å². The molecular weight excluding hydrogens is 410 g/mol. The predicted molar refractivity (Wildman–Crippen MR) is 105 cm³/mol. The lowest BCUT2D eigenvalue weighted by Crippen LogP contribution is -2.36. The number of rotatable bonds is 6. The molecule has 0 aliphatic carbocycles. The molecule has 2 aromatic rings. The number of carbonyl (C=O) groups is 1. The first-order valence-electron chi connectivity index (χ1n) is 8.09. The van der Waals surface area contributed by atoms with Gasteiger partial charge in [-0.15, -0.1) is 10.2 Å². The van der Waals surface area contributed by atoms with Crippen LogP contribution in [-0.2, 0) is 19.6 Å². The lowest BCUT2D eigenvalue weighted by molar-refractivity contribution is -0.115. The number of aromatic nitrogens is 2. The molecule has 1 fully saturated rings. The summed E-state index contributed by atoms with van der Waals surface area (Å²) in [5, 5.41) is 16.6. The van der Waals surface area contributed by atoms with E-state index in [2.05, 4.69) is 20.4 Å². The quantitative estimate of drug-likeness (QED) is 0.655. The number of anilines is 2. The van der Waals surface area contributed by atoms with Gasteiger partial charge in [0.2, 0.25) is 21.1 Å². The van der Waals surface area contributed by atoms with Crippen LogP contribution in [0.15, 0.2) is 33.5 Å². The van der Waals surface area contributed by atoms with Crippen LogP contribution in [0.25, 0.3) is 0 Å². The lowest BCUT2D eigenvalue weighted by atomic mass is 10.3. The standard InChI is InChI=1S/C15H19N5O4S3/c1-10(13(21)17-11-2-4-12(5-3-11)27(16,22)23)25-15-19-18-14(26-15)20-6-8-24-9-7-20/h2-5,10H,6-9H2,1H3,(H,17,21)(H2,16,22,23). The smallest absolute Gasteiger partial charge is 0.238 e. The summed E-state index contributed by atoms with van der Waals surface area (Å²) in [5.74, 6) is -0.216. The summed E-state index contributed by atoms with van der Waals surface area (Å²) in [7, 11) is -3.75. The van der Waals surface area contributed by atoms with Gasteiger partial charge in [-0.3, -0.25) is 4.79 Å². The second-order valence-corrected chi connectivity index (χ2v) is 9.87. The maximum atomic E-state index is 12.4. The van der Waals surface area contributed by atoms with Crippen LogP contribution in [0.4, 0.5) is 10.8 Å². The highest BCUT2D eigenvalue weighted by atomic mass is 32.2. The molecule has 1 aliphatic heterocycles. The average molecular weight is 430 g/mol. The first-order valence-corrected chi connectivity index (χ1v) is 11.3. The van der Waals surface area contributed by atoms with E-state index in [0.717, 1.165) is 18.2 Å². The van der Waals surface area contributed by atoms with E-state index in [4.69, 9.17) is 9.88 Å². The van der Waals surface area contributed by atoms with Crippen molar-refractivity contribution < 1.29 is 17.9 Å². The van der Waals surface area contributed by atoms with Crippen LogP contribution in [0.2, 0.25) is 0 Å². The van der Waals surface area contributed by atoms with Gasteiger partial charge >= 0.3 is 0 Å². The van der Waals surface area contributed by atoms with Crippen LogP contribution in [0.5, 0.6) is 0 Å². The second kappa shape index (κ2) is 8.52. The van der Waals surface area contributed by atoms with Crippen LogP contribution in [0, 0.1) is 0 Å². The summed E-state index contributed by atoms with van der Waals surface area (Å²) < 4.78 is 28.6. The Morgan fingerprint density at radius 1 is 1.30 bits per heavy atom. The zero-order chi connectivity index (χ0) is 19.4. The molecule has 0 bridgehead atoms. The van der Waals surface area contributed by atoms with E-state index in [1.807, 2.05) is 0 Å². The van der Waals surface area contributed by atoms with E-state index in [1.165, 1.54) is 47.4 Å². The van der Waals surface area contributed by atoms with E-state index >= 15 is 0 Å². The Balaban J connectivity index is 1.57. The average Bonchev–Trinajstić information content (AvgIpc) is 3.10. The Morgan fingerprint density at radius 3 is 2.59 bits per heavy atom. The Bertz CT molecular complexity index is 894. The predicted octanol–water partition coefficient (Wildman–Crippen LogP) is 1.14. The van der Waals surface area contributed by atoms with E-state index < -0.39 is 15.3 Å². The molecule has 0 spiro atoms. The highest BCUT2D eigenvalue weighted by molar-refractivity contribution is 8.02. The monoisotopic (exact) mass is 429 g/mol. The van der Waals surface area contributed by atoms with Crippen molar-refractivity contribution >= 4 is 49.8 Å². The number of nitrogens with one attached hydrogen (secondary N) is 1. The molecule has 1 atom stereocenters. The largest absolute Gasteiger partial charge is 0.378 e. The molecule has 12 heteroatoms. The minimum absolute atomic E-state index is 0.00701. The molecule has 1 saturated heterocycles. The fourth-order valence-corrected chi connectivity index (χ4v) is 4.86. The summed E-state index contributed by atoms with van der Waals surface area (Å²) in [6.45, 7) is 4.68. The van der Waals surface area contributed by atoms with Crippen molar-refractivity contribution in [2.75, 3.05) is 36.5 Å². The van der Waals surface area contributed by atoms with Crippen molar-refractivity contribution in [2.45, 2.75) is 21.4 Å². The molecule has 146 valence electrons. The Hall–Kier alpha value is -1.73. The summed E-state index contributed by atoms with van der Waals surface area (Å²) >= 11 is 2.77. The van der Waals surface area contributed by atoms with Crippen LogP contribution in [-0.4, -0.2) is 56.1 Å². The minimum atomic E-state index is -3.75. The molecule has 1 unspecified atom stereocenters. The highest BCUT2D eigenvalue weighted by Crippen LogP contribution is 2.31. The number of nitrogens with two attached hydrogens (primary N) is 1. The molecule has 27 heavy (non-hydrogen) atoms. The zero-order valence-electron chi connectivity index (χ0n) is 14.5. The van der Waals surface area contributed by atoms with Gasteiger partial charge in [0, 0.05) is 18.8 Å². The number of hydrogen-bond acceptors (Lipinski definition) is 9. The molecule has 2 heterocycles. The van der Waals surface area contributed by atoms with Crippen molar-refractivity contribution in [3.05, 3.63) is 24.3 Å². The summed E-state index contributed by atoms with van der Waals surface area (Å²) in [4.78, 5) is 14.5. The number of carbonyl (C=O) groups excluding carboxylic acids is 1. The van der Waals surface area contributed by atoms with Gasteiger partial charge in [0.05, 0.1) is 23.4 Å². The number of nitrogens with zero attached hydrogens (tertiary/aromatic N) is 3. The second-order valence-electron chi connectivity index (χ2n) is 5.77. The van der Waals surface area contributed by atoms with Crippen LogP contribution >= 0.6 is 23.1 Å². The number of hydrogen-bond donors (Lipinski definition) is 2. The third-order valence-electron chi connectivity index (χ3n) is 3.77. The number of amides is 1. The highest BCUT2D eigenvalue weighted by Gasteiger charge is 2.20. The Kier molecular flexibility index (Phi) is 6.32. The van der Waals surface area contributed by atoms with Gasteiger partial charge in [-0.1, -0.05) is 23.1 Å². The van der Waals surface area contributed by atoms with E-state index in [0.29, 0.717) is 23.2 Å². The van der Waals surface area contributed by atoms with Gasteiger partial charge in [-0.2, -0.15) is 0 Å². The van der Waals surface area contributed by atoms with Gasteiger partial charge in [-0.25, -0.2) is 13.6 Å². The third kappa shape index (κ3) is 5.39. The Labute approximate surface area is 165 Å². The number of ether oxygens (including phenoxy) is 1. The first kappa shape index (κ1) is 20.0. The van der Waals surface area contributed by atoms with Crippen molar-refractivity contribution in [1.82, 2.24) is 10.2 Å². The van der Waals surface area contributed by atoms with Crippen LogP contribution in [0.3, 0.4) is 0 Å². The molecule has 1 aromatic heterocycles. The van der Waals surface area contributed by atoms with Crippen molar-refractivity contribution in [3.8, 4) is 0 Å². The summed E-state index contributed by atoms with van der Waals surface area (Å²) in [5.41, 5.74) is 0.492. The SMILES string of the molecule is CC(Sc1nnc(N2CCOCC2)s1)C(=O)Nc1ccc(S(N)(=O)=O)cc1. The molecule has 1 amide bonds. The molecule has 1 aromatic carbocycles. The van der Waals surface area contributed by atoms with E-state index in [-0.39, 0.29) is 10.8 Å². The molecule has 0 saturated carbocycles. The minimum Gasteiger partial charge on any atom is -0.378 e. The van der Waals surface area contributed by atoms with Gasteiger partial charge in [0.1, 0.15) is 0 Å². The Morgan fingerprint density at radius 2 is 1.96 bits per heavy atom. The third-order valence-corrected chi connectivity index (χ3v) is 6.87.